The van der Waals surface area contributed by atoms with Gasteiger partial charge >= 0.3 is 0 Å². The molecule has 0 bridgehead atoms. The molecule has 2 nitrogen and oxygen atoms in total. The summed E-state index contributed by atoms with van der Waals surface area (Å²) >= 11 is 7.69. The molecule has 0 radical (unpaired) electrons. The van der Waals surface area contributed by atoms with Gasteiger partial charge in [0.15, 0.2) is 5.43 Å². The molecule has 1 aliphatic rings. The lowest BCUT2D eigenvalue weighted by molar-refractivity contribution is 0.213. The van der Waals surface area contributed by atoms with Crippen LogP contribution in [0.15, 0.2) is 98.3 Å². The van der Waals surface area contributed by atoms with Crippen molar-refractivity contribution in [3.63, 3.8) is 0 Å². The van der Waals surface area contributed by atoms with E-state index < -0.39 is 6.10 Å². The Bertz CT molecular complexity index is 1570. The van der Waals surface area contributed by atoms with Crippen LogP contribution in [0.25, 0.3) is 31.3 Å². The quantitative estimate of drug-likeness (QED) is 0.212. The van der Waals surface area contributed by atoms with Gasteiger partial charge in [0.2, 0.25) is 0 Å². The SMILES string of the molecule is O=c1c2cc(S)ccc2sc2ccc(-c3ccc4c(c3)C(O)c3ccccc3S4)cc12. The number of aliphatic hydroxyl groups excluding tert-OH is 1. The Labute approximate surface area is 192 Å². The van der Waals surface area contributed by atoms with Crippen LogP contribution in [0.3, 0.4) is 0 Å². The second-order valence-electron chi connectivity index (χ2n) is 7.62. The van der Waals surface area contributed by atoms with Gasteiger partial charge in [0.05, 0.1) is 0 Å². The Morgan fingerprint density at radius 1 is 0.742 bits per heavy atom. The number of aliphatic hydroxyl groups is 1. The molecule has 31 heavy (non-hydrogen) atoms. The van der Waals surface area contributed by atoms with Gasteiger partial charge in [-0.25, -0.2) is 0 Å². The lowest BCUT2D eigenvalue weighted by atomic mass is 9.96. The third-order valence-electron chi connectivity index (χ3n) is 5.72. The molecule has 0 aliphatic carbocycles. The first-order chi connectivity index (χ1) is 15.1. The number of hydrogen-bond donors (Lipinski definition) is 2. The molecule has 0 amide bonds. The summed E-state index contributed by atoms with van der Waals surface area (Å²) in [6.45, 7) is 0. The van der Waals surface area contributed by atoms with E-state index in [1.165, 1.54) is 0 Å². The highest BCUT2D eigenvalue weighted by Crippen LogP contribution is 2.45. The maximum Gasteiger partial charge on any atom is 0.195 e. The molecule has 2 heterocycles. The van der Waals surface area contributed by atoms with E-state index in [0.29, 0.717) is 10.8 Å². The van der Waals surface area contributed by atoms with Gasteiger partial charge in [0, 0.05) is 34.9 Å². The Kier molecular flexibility index (Phi) is 4.47. The summed E-state index contributed by atoms with van der Waals surface area (Å²) < 4.78 is 1.94. The Balaban J connectivity index is 1.50. The molecule has 5 heteroatoms. The van der Waals surface area contributed by atoms with Crippen LogP contribution in [0.5, 0.6) is 0 Å². The lowest BCUT2D eigenvalue weighted by Crippen LogP contribution is -2.07. The van der Waals surface area contributed by atoms with Gasteiger partial charge < -0.3 is 5.11 Å². The third kappa shape index (κ3) is 3.12. The summed E-state index contributed by atoms with van der Waals surface area (Å²) in [4.78, 5) is 16.1. The second kappa shape index (κ2) is 7.24. The normalized spacial score (nSPS) is 15.1. The van der Waals surface area contributed by atoms with Crippen molar-refractivity contribution in [1.82, 2.24) is 0 Å². The van der Waals surface area contributed by atoms with Gasteiger partial charge in [-0.15, -0.1) is 24.0 Å². The van der Waals surface area contributed by atoms with Gasteiger partial charge in [0.25, 0.3) is 0 Å². The van der Waals surface area contributed by atoms with Crippen molar-refractivity contribution in [3.8, 4) is 11.1 Å². The van der Waals surface area contributed by atoms with Gasteiger partial charge in [0.1, 0.15) is 6.10 Å². The predicted octanol–water partition coefficient (Wildman–Crippen LogP) is 6.92. The smallest absolute Gasteiger partial charge is 0.195 e. The maximum absolute atomic E-state index is 13.2. The zero-order valence-electron chi connectivity index (χ0n) is 16.2. The van der Waals surface area contributed by atoms with Crippen LogP contribution in [-0.4, -0.2) is 5.11 Å². The molecule has 4 aromatic carbocycles. The van der Waals surface area contributed by atoms with Crippen molar-refractivity contribution < 1.29 is 5.11 Å². The minimum Gasteiger partial charge on any atom is -0.384 e. The van der Waals surface area contributed by atoms with Crippen molar-refractivity contribution in [3.05, 3.63) is 100 Å². The molecule has 0 saturated heterocycles. The Morgan fingerprint density at radius 3 is 2.29 bits per heavy atom. The van der Waals surface area contributed by atoms with Gasteiger partial charge in [-0.05, 0) is 70.8 Å². The average molecular weight is 457 g/mol. The standard InChI is InChI=1S/C26H16O2S3/c27-25-17-3-1-2-4-21(17)30-22-8-5-14(11-18(22)25)15-6-9-23-19(12-15)26(28)20-13-16(29)7-10-24(20)31-23/h1-13,25,27,29H. The summed E-state index contributed by atoms with van der Waals surface area (Å²) in [7, 11) is 0. The molecule has 1 unspecified atom stereocenters. The zero-order chi connectivity index (χ0) is 21.1. The number of fused-ring (bicyclic) bond motifs is 4. The van der Waals surface area contributed by atoms with Crippen molar-refractivity contribution >= 4 is 55.9 Å². The first kappa shape index (κ1) is 19.1. The zero-order valence-corrected chi connectivity index (χ0v) is 18.7. The highest BCUT2D eigenvalue weighted by molar-refractivity contribution is 7.99. The molecule has 150 valence electrons. The maximum atomic E-state index is 13.2. The summed E-state index contributed by atoms with van der Waals surface area (Å²) in [6.07, 6.45) is -0.650. The first-order valence-electron chi connectivity index (χ1n) is 9.87. The molecule has 6 rings (SSSR count). The highest BCUT2D eigenvalue weighted by atomic mass is 32.2. The van der Waals surface area contributed by atoms with E-state index in [9.17, 15) is 9.90 Å². The van der Waals surface area contributed by atoms with Crippen molar-refractivity contribution in [1.29, 1.82) is 0 Å². The molecule has 1 N–H and O–H groups in total. The highest BCUT2D eigenvalue weighted by Gasteiger charge is 2.24. The van der Waals surface area contributed by atoms with Crippen molar-refractivity contribution in [2.45, 2.75) is 20.8 Å². The van der Waals surface area contributed by atoms with E-state index in [1.54, 1.807) is 23.1 Å². The Morgan fingerprint density at radius 2 is 1.42 bits per heavy atom. The lowest BCUT2D eigenvalue weighted by Gasteiger charge is -2.24. The number of hydrogen-bond acceptors (Lipinski definition) is 5. The molecule has 0 fully saturated rings. The van der Waals surface area contributed by atoms with Gasteiger partial charge in [-0.2, -0.15) is 0 Å². The fraction of sp³-hybridized carbons (Fsp3) is 0.0385. The van der Waals surface area contributed by atoms with E-state index >= 15 is 0 Å². The molecule has 1 aliphatic heterocycles. The fourth-order valence-corrected chi connectivity index (χ4v) is 6.49. The summed E-state index contributed by atoms with van der Waals surface area (Å²) in [5.74, 6) is 0. The summed E-state index contributed by atoms with van der Waals surface area (Å²) in [5, 5.41) is 12.4. The molecular weight excluding hydrogens is 440 g/mol. The topological polar surface area (TPSA) is 37.3 Å². The second-order valence-corrected chi connectivity index (χ2v) is 10.3. The first-order valence-corrected chi connectivity index (χ1v) is 12.0. The van der Waals surface area contributed by atoms with Gasteiger partial charge in [-0.1, -0.05) is 42.1 Å². The van der Waals surface area contributed by atoms with Crippen LogP contribution < -0.4 is 5.43 Å². The fourth-order valence-electron chi connectivity index (χ4n) is 4.14. The van der Waals surface area contributed by atoms with E-state index in [4.69, 9.17) is 0 Å². The number of thiol groups is 1. The molecular formula is C26H16O2S3. The Hall–Kier alpha value is -2.57. The molecule has 1 aromatic heterocycles. The van der Waals surface area contributed by atoms with Crippen LogP contribution in [0.4, 0.5) is 0 Å². The van der Waals surface area contributed by atoms with Crippen LogP contribution in [0.1, 0.15) is 17.2 Å². The van der Waals surface area contributed by atoms with Crippen LogP contribution in [0, 0.1) is 0 Å². The monoisotopic (exact) mass is 456 g/mol. The van der Waals surface area contributed by atoms with Crippen LogP contribution >= 0.6 is 35.7 Å². The third-order valence-corrected chi connectivity index (χ3v) is 8.34. The van der Waals surface area contributed by atoms with E-state index in [-0.39, 0.29) is 5.43 Å². The minimum absolute atomic E-state index is 0.0315. The van der Waals surface area contributed by atoms with E-state index in [2.05, 4.69) is 30.8 Å². The summed E-state index contributed by atoms with van der Waals surface area (Å²) in [5.41, 5.74) is 3.84. The van der Waals surface area contributed by atoms with Gasteiger partial charge in [-0.3, -0.25) is 4.79 Å². The predicted molar refractivity (Wildman–Crippen MR) is 133 cm³/mol. The summed E-state index contributed by atoms with van der Waals surface area (Å²) in [6, 6.07) is 25.9. The van der Waals surface area contributed by atoms with Crippen LogP contribution in [0.2, 0.25) is 0 Å². The molecule has 5 aromatic rings. The molecule has 1 atom stereocenters. The van der Waals surface area contributed by atoms with E-state index in [1.807, 2.05) is 60.7 Å². The molecule has 0 spiro atoms. The van der Waals surface area contributed by atoms with Crippen molar-refractivity contribution in [2.24, 2.45) is 0 Å². The minimum atomic E-state index is -0.650. The number of rotatable bonds is 1. The molecule has 0 saturated carbocycles. The number of benzene rings is 4. The van der Waals surface area contributed by atoms with E-state index in [0.717, 1.165) is 46.3 Å². The average Bonchev–Trinajstić information content (AvgIpc) is 2.80. The largest absolute Gasteiger partial charge is 0.384 e. The van der Waals surface area contributed by atoms with Crippen molar-refractivity contribution in [2.75, 3.05) is 0 Å². The van der Waals surface area contributed by atoms with Crippen LogP contribution in [-0.2, 0) is 0 Å².